The van der Waals surface area contributed by atoms with Crippen LogP contribution in [0.25, 0.3) is 0 Å². The molecule has 19 heavy (non-hydrogen) atoms. The number of hydrogen-bond donors (Lipinski definition) is 1. The Bertz CT molecular complexity index is 549. The number of aryl methyl sites for hydroxylation is 2. The molecule has 0 amide bonds. The maximum absolute atomic E-state index is 6.19. The first-order valence-electron chi connectivity index (χ1n) is 6.09. The SMILES string of the molecule is CNCc1c(Cl)cccc1OCc1nc(C)c(C)s1. The lowest BCUT2D eigenvalue weighted by molar-refractivity contribution is 0.301. The summed E-state index contributed by atoms with van der Waals surface area (Å²) in [6.45, 7) is 5.25. The third-order valence-electron chi connectivity index (χ3n) is 2.85. The standard InChI is InChI=1S/C14H17ClN2OS/c1-9-10(2)19-14(17-9)8-18-13-6-4-5-12(15)11(13)7-16-3/h4-6,16H,7-8H2,1-3H3. The minimum Gasteiger partial charge on any atom is -0.486 e. The second-order valence-corrected chi connectivity index (χ2v) is 5.98. The second kappa shape index (κ2) is 6.37. The van der Waals surface area contributed by atoms with Gasteiger partial charge in [-0.2, -0.15) is 0 Å². The molecule has 2 aromatic rings. The maximum Gasteiger partial charge on any atom is 0.140 e. The third kappa shape index (κ3) is 3.47. The number of aromatic nitrogens is 1. The lowest BCUT2D eigenvalue weighted by Crippen LogP contribution is -2.08. The first kappa shape index (κ1) is 14.3. The Morgan fingerprint density at radius 1 is 1.37 bits per heavy atom. The van der Waals surface area contributed by atoms with Crippen LogP contribution in [0.1, 0.15) is 21.1 Å². The van der Waals surface area contributed by atoms with E-state index in [-0.39, 0.29) is 0 Å². The Balaban J connectivity index is 2.12. The molecule has 0 aliphatic rings. The summed E-state index contributed by atoms with van der Waals surface area (Å²) >= 11 is 7.86. The molecule has 0 aliphatic heterocycles. The van der Waals surface area contributed by atoms with Crippen molar-refractivity contribution in [3.8, 4) is 5.75 Å². The molecule has 0 bridgehead atoms. The van der Waals surface area contributed by atoms with E-state index < -0.39 is 0 Å². The Labute approximate surface area is 122 Å². The molecule has 0 atom stereocenters. The Morgan fingerprint density at radius 2 is 2.16 bits per heavy atom. The topological polar surface area (TPSA) is 34.1 Å². The van der Waals surface area contributed by atoms with Crippen molar-refractivity contribution in [2.75, 3.05) is 7.05 Å². The second-order valence-electron chi connectivity index (χ2n) is 4.28. The molecule has 5 heteroatoms. The molecule has 0 unspecified atom stereocenters. The summed E-state index contributed by atoms with van der Waals surface area (Å²) in [6, 6.07) is 5.71. The van der Waals surface area contributed by atoms with Gasteiger partial charge in [-0.1, -0.05) is 17.7 Å². The molecule has 1 N–H and O–H groups in total. The van der Waals surface area contributed by atoms with Gasteiger partial charge in [-0.25, -0.2) is 4.98 Å². The number of benzene rings is 1. The number of thiazole rings is 1. The largest absolute Gasteiger partial charge is 0.486 e. The van der Waals surface area contributed by atoms with Gasteiger partial charge in [-0.15, -0.1) is 11.3 Å². The molecule has 0 aliphatic carbocycles. The maximum atomic E-state index is 6.19. The minimum absolute atomic E-state index is 0.483. The molecular weight excluding hydrogens is 280 g/mol. The van der Waals surface area contributed by atoms with E-state index in [0.29, 0.717) is 13.2 Å². The van der Waals surface area contributed by atoms with E-state index in [4.69, 9.17) is 16.3 Å². The van der Waals surface area contributed by atoms with Crippen LogP contribution in [-0.2, 0) is 13.2 Å². The van der Waals surface area contributed by atoms with Crippen LogP contribution in [0.4, 0.5) is 0 Å². The molecule has 1 heterocycles. The van der Waals surface area contributed by atoms with E-state index in [2.05, 4.69) is 17.2 Å². The molecule has 0 spiro atoms. The van der Waals surface area contributed by atoms with Crippen LogP contribution >= 0.6 is 22.9 Å². The van der Waals surface area contributed by atoms with E-state index >= 15 is 0 Å². The van der Waals surface area contributed by atoms with Crippen molar-refractivity contribution in [2.24, 2.45) is 0 Å². The van der Waals surface area contributed by atoms with Crippen LogP contribution in [0.5, 0.6) is 5.75 Å². The quantitative estimate of drug-likeness (QED) is 0.913. The molecule has 0 saturated carbocycles. The molecular formula is C14H17ClN2OS. The van der Waals surface area contributed by atoms with Gasteiger partial charge in [0.1, 0.15) is 17.4 Å². The van der Waals surface area contributed by atoms with Gasteiger partial charge >= 0.3 is 0 Å². The fraction of sp³-hybridized carbons (Fsp3) is 0.357. The van der Waals surface area contributed by atoms with E-state index in [9.17, 15) is 0 Å². The lowest BCUT2D eigenvalue weighted by Gasteiger charge is -2.11. The summed E-state index contributed by atoms with van der Waals surface area (Å²) < 4.78 is 5.85. The van der Waals surface area contributed by atoms with Crippen molar-refractivity contribution in [1.82, 2.24) is 10.3 Å². The third-order valence-corrected chi connectivity index (χ3v) is 4.25. The number of ether oxygens (including phenoxy) is 1. The zero-order valence-corrected chi connectivity index (χ0v) is 12.9. The van der Waals surface area contributed by atoms with Crippen molar-refractivity contribution in [3.63, 3.8) is 0 Å². The molecule has 3 nitrogen and oxygen atoms in total. The highest BCUT2D eigenvalue weighted by Crippen LogP contribution is 2.27. The number of nitrogens with one attached hydrogen (secondary N) is 1. The number of rotatable bonds is 5. The zero-order valence-electron chi connectivity index (χ0n) is 11.3. The van der Waals surface area contributed by atoms with Crippen LogP contribution in [-0.4, -0.2) is 12.0 Å². The first-order valence-corrected chi connectivity index (χ1v) is 7.29. The van der Waals surface area contributed by atoms with Gasteiger partial charge in [0, 0.05) is 22.0 Å². The molecule has 0 radical (unpaired) electrons. The highest BCUT2D eigenvalue weighted by Gasteiger charge is 2.09. The molecule has 2 rings (SSSR count). The summed E-state index contributed by atoms with van der Waals surface area (Å²) in [4.78, 5) is 5.70. The number of halogens is 1. The molecule has 0 saturated heterocycles. The van der Waals surface area contributed by atoms with Crippen LogP contribution < -0.4 is 10.1 Å². The average Bonchev–Trinajstić information content (AvgIpc) is 2.70. The van der Waals surface area contributed by atoms with E-state index in [1.165, 1.54) is 4.88 Å². The van der Waals surface area contributed by atoms with E-state index in [0.717, 1.165) is 27.0 Å². The predicted octanol–water partition coefficient (Wildman–Crippen LogP) is 3.71. The lowest BCUT2D eigenvalue weighted by atomic mass is 10.2. The van der Waals surface area contributed by atoms with Crippen LogP contribution in [0, 0.1) is 13.8 Å². The minimum atomic E-state index is 0.483. The molecule has 1 aromatic heterocycles. The van der Waals surface area contributed by atoms with Crippen molar-refractivity contribution in [1.29, 1.82) is 0 Å². The fourth-order valence-electron chi connectivity index (χ4n) is 1.76. The van der Waals surface area contributed by atoms with Gasteiger partial charge in [0.2, 0.25) is 0 Å². The predicted molar refractivity (Wildman–Crippen MR) is 80.1 cm³/mol. The van der Waals surface area contributed by atoms with Gasteiger partial charge in [0.05, 0.1) is 5.69 Å². The molecule has 102 valence electrons. The van der Waals surface area contributed by atoms with E-state index in [1.807, 2.05) is 32.2 Å². The van der Waals surface area contributed by atoms with Gasteiger partial charge in [0.15, 0.2) is 0 Å². The highest BCUT2D eigenvalue weighted by atomic mass is 35.5. The summed E-state index contributed by atoms with van der Waals surface area (Å²) in [6.07, 6.45) is 0. The smallest absolute Gasteiger partial charge is 0.140 e. The Morgan fingerprint density at radius 3 is 2.79 bits per heavy atom. The Hall–Kier alpha value is -1.10. The molecule has 1 aromatic carbocycles. The van der Waals surface area contributed by atoms with Crippen molar-refractivity contribution < 1.29 is 4.74 Å². The summed E-state index contributed by atoms with van der Waals surface area (Å²) in [5.41, 5.74) is 2.06. The van der Waals surface area contributed by atoms with Gasteiger partial charge in [-0.3, -0.25) is 0 Å². The number of hydrogen-bond acceptors (Lipinski definition) is 4. The van der Waals surface area contributed by atoms with Crippen LogP contribution in [0.2, 0.25) is 5.02 Å². The highest BCUT2D eigenvalue weighted by molar-refractivity contribution is 7.11. The van der Waals surface area contributed by atoms with E-state index in [1.54, 1.807) is 11.3 Å². The van der Waals surface area contributed by atoms with Gasteiger partial charge in [0.25, 0.3) is 0 Å². The average molecular weight is 297 g/mol. The van der Waals surface area contributed by atoms with Crippen molar-refractivity contribution >= 4 is 22.9 Å². The van der Waals surface area contributed by atoms with Gasteiger partial charge in [-0.05, 0) is 33.0 Å². The summed E-state index contributed by atoms with van der Waals surface area (Å²) in [5, 5.41) is 4.81. The first-order chi connectivity index (χ1) is 9.11. The van der Waals surface area contributed by atoms with Gasteiger partial charge < -0.3 is 10.1 Å². The number of nitrogens with zero attached hydrogens (tertiary/aromatic N) is 1. The molecule has 0 fully saturated rings. The van der Waals surface area contributed by atoms with Crippen LogP contribution in [0.15, 0.2) is 18.2 Å². The van der Waals surface area contributed by atoms with Crippen molar-refractivity contribution in [3.05, 3.63) is 44.4 Å². The zero-order chi connectivity index (χ0) is 13.8. The summed E-state index contributed by atoms with van der Waals surface area (Å²) in [7, 11) is 1.89. The van der Waals surface area contributed by atoms with Crippen molar-refractivity contribution in [2.45, 2.75) is 27.0 Å². The normalized spacial score (nSPS) is 10.7. The Kier molecular flexibility index (Phi) is 4.80. The van der Waals surface area contributed by atoms with Crippen LogP contribution in [0.3, 0.4) is 0 Å². The summed E-state index contributed by atoms with van der Waals surface area (Å²) in [5.74, 6) is 0.812. The fourth-order valence-corrected chi connectivity index (χ4v) is 2.84. The monoisotopic (exact) mass is 296 g/mol.